The summed E-state index contributed by atoms with van der Waals surface area (Å²) in [4.78, 5) is 7.25. The van der Waals surface area contributed by atoms with Gasteiger partial charge in [-0.3, -0.25) is 4.99 Å². The second-order valence-electron chi connectivity index (χ2n) is 8.25. The number of benzene rings is 2. The summed E-state index contributed by atoms with van der Waals surface area (Å²) in [6.07, 6.45) is 2.96. The highest BCUT2D eigenvalue weighted by molar-refractivity contribution is 6.30. The van der Waals surface area contributed by atoms with Crippen LogP contribution in [0.15, 0.2) is 47.5 Å². The first kappa shape index (κ1) is 21.8. The fourth-order valence-electron chi connectivity index (χ4n) is 3.93. The molecule has 0 bridgehead atoms. The lowest BCUT2D eigenvalue weighted by Gasteiger charge is -2.16. The van der Waals surface area contributed by atoms with E-state index in [0.717, 1.165) is 67.2 Å². The van der Waals surface area contributed by atoms with Gasteiger partial charge in [0, 0.05) is 42.8 Å². The Hall–Kier alpha value is -2.44. The van der Waals surface area contributed by atoms with Crippen molar-refractivity contribution in [3.63, 3.8) is 0 Å². The largest absolute Gasteiger partial charge is 0.490 e. The van der Waals surface area contributed by atoms with Gasteiger partial charge in [0.25, 0.3) is 0 Å². The minimum Gasteiger partial charge on any atom is -0.490 e. The van der Waals surface area contributed by atoms with Crippen LogP contribution in [0.5, 0.6) is 11.5 Å². The van der Waals surface area contributed by atoms with Gasteiger partial charge >= 0.3 is 0 Å². The lowest BCUT2D eigenvalue weighted by molar-refractivity contribution is 0.297. The van der Waals surface area contributed by atoms with Gasteiger partial charge in [0.2, 0.25) is 0 Å². The molecule has 1 unspecified atom stereocenters. The number of rotatable bonds is 6. The standard InChI is InChI=1S/C24H31ClN4O2/c1-29-11-9-19(17-29)16-27-24(26-10-8-18-4-2-5-20(25)14-18)28-21-6-7-22-23(15-21)31-13-3-12-30-22/h2,4-7,14-15,19H,3,8-13,16-17H2,1H3,(H2,26,27,28). The molecule has 2 N–H and O–H groups in total. The maximum absolute atomic E-state index is 6.11. The van der Waals surface area contributed by atoms with Crippen LogP contribution >= 0.6 is 11.6 Å². The normalized spacial score (nSPS) is 19.2. The first-order valence-corrected chi connectivity index (χ1v) is 11.4. The van der Waals surface area contributed by atoms with E-state index in [4.69, 9.17) is 26.1 Å². The van der Waals surface area contributed by atoms with E-state index < -0.39 is 0 Å². The number of likely N-dealkylation sites (tertiary alicyclic amines) is 1. The number of fused-ring (bicyclic) bond motifs is 1. The van der Waals surface area contributed by atoms with Crippen LogP contribution < -0.4 is 20.1 Å². The summed E-state index contributed by atoms with van der Waals surface area (Å²) in [6.45, 7) is 5.18. The average Bonchev–Trinajstić information content (AvgIpc) is 3.03. The van der Waals surface area contributed by atoms with Crippen molar-refractivity contribution < 1.29 is 9.47 Å². The summed E-state index contributed by atoms with van der Waals surface area (Å²) < 4.78 is 11.6. The Bertz CT molecular complexity index is 905. The summed E-state index contributed by atoms with van der Waals surface area (Å²) in [5.41, 5.74) is 2.13. The molecular weight excluding hydrogens is 412 g/mol. The van der Waals surface area contributed by atoms with Crippen LogP contribution in [-0.2, 0) is 6.42 Å². The Kier molecular flexibility index (Phi) is 7.54. The van der Waals surface area contributed by atoms with Gasteiger partial charge in [-0.05, 0) is 62.2 Å². The number of anilines is 1. The molecule has 31 heavy (non-hydrogen) atoms. The molecule has 1 atom stereocenters. The minimum absolute atomic E-state index is 0.598. The van der Waals surface area contributed by atoms with E-state index in [-0.39, 0.29) is 0 Å². The van der Waals surface area contributed by atoms with E-state index >= 15 is 0 Å². The van der Waals surface area contributed by atoms with Crippen LogP contribution in [0.1, 0.15) is 18.4 Å². The topological polar surface area (TPSA) is 58.1 Å². The van der Waals surface area contributed by atoms with Crippen molar-refractivity contribution in [2.45, 2.75) is 19.3 Å². The molecule has 1 fully saturated rings. The second kappa shape index (κ2) is 10.7. The quantitative estimate of drug-likeness (QED) is 0.522. The number of halogens is 1. The van der Waals surface area contributed by atoms with Crippen LogP contribution in [0, 0.1) is 5.92 Å². The Morgan fingerprint density at radius 3 is 2.84 bits per heavy atom. The first-order chi connectivity index (χ1) is 15.2. The van der Waals surface area contributed by atoms with Gasteiger partial charge in [-0.2, -0.15) is 0 Å². The smallest absolute Gasteiger partial charge is 0.195 e. The molecule has 166 valence electrons. The van der Waals surface area contributed by atoms with Crippen molar-refractivity contribution in [1.29, 1.82) is 0 Å². The second-order valence-corrected chi connectivity index (χ2v) is 8.69. The molecule has 0 amide bonds. The number of guanidine groups is 1. The van der Waals surface area contributed by atoms with E-state index in [9.17, 15) is 0 Å². The molecule has 2 aliphatic heterocycles. The lowest BCUT2D eigenvalue weighted by atomic mass is 10.1. The Morgan fingerprint density at radius 1 is 1.16 bits per heavy atom. The molecule has 0 radical (unpaired) electrons. The van der Waals surface area contributed by atoms with Gasteiger partial charge in [-0.25, -0.2) is 0 Å². The van der Waals surface area contributed by atoms with E-state index in [1.807, 2.05) is 36.4 Å². The Balaban J connectivity index is 1.42. The average molecular weight is 443 g/mol. The van der Waals surface area contributed by atoms with Crippen LogP contribution in [0.4, 0.5) is 5.69 Å². The number of ether oxygens (including phenoxy) is 2. The summed E-state index contributed by atoms with van der Waals surface area (Å²) in [5.74, 6) is 2.95. The molecule has 7 heteroatoms. The number of aliphatic imine (C=N–C) groups is 1. The van der Waals surface area contributed by atoms with E-state index in [0.29, 0.717) is 19.1 Å². The Labute approximate surface area is 189 Å². The molecule has 0 saturated carbocycles. The number of hydrogen-bond donors (Lipinski definition) is 2. The summed E-state index contributed by atoms with van der Waals surface area (Å²) in [7, 11) is 2.17. The van der Waals surface area contributed by atoms with Crippen LogP contribution in [0.25, 0.3) is 0 Å². The van der Waals surface area contributed by atoms with E-state index in [2.05, 4.69) is 28.6 Å². The molecule has 4 rings (SSSR count). The molecule has 2 heterocycles. The first-order valence-electron chi connectivity index (χ1n) is 11.0. The van der Waals surface area contributed by atoms with E-state index in [1.165, 1.54) is 12.0 Å². The molecule has 2 aromatic rings. The molecule has 1 saturated heterocycles. The highest BCUT2D eigenvalue weighted by atomic mass is 35.5. The number of nitrogens with one attached hydrogen (secondary N) is 2. The van der Waals surface area contributed by atoms with Crippen molar-refractivity contribution in [3.05, 3.63) is 53.1 Å². The maximum Gasteiger partial charge on any atom is 0.195 e. The Morgan fingerprint density at radius 2 is 2.03 bits per heavy atom. The zero-order chi connectivity index (χ0) is 21.5. The van der Waals surface area contributed by atoms with E-state index in [1.54, 1.807) is 0 Å². The summed E-state index contributed by atoms with van der Waals surface area (Å²) in [6, 6.07) is 13.9. The predicted octanol–water partition coefficient (Wildman–Crippen LogP) is 4.05. The van der Waals surface area contributed by atoms with Crippen molar-refractivity contribution >= 4 is 23.2 Å². The SMILES string of the molecule is CN1CCC(CN=C(NCCc2cccc(Cl)c2)Nc2ccc3c(c2)OCCCO3)C1. The van der Waals surface area contributed by atoms with Crippen LogP contribution in [0.3, 0.4) is 0 Å². The molecule has 0 aliphatic carbocycles. The zero-order valence-corrected chi connectivity index (χ0v) is 18.8. The van der Waals surface area contributed by atoms with Crippen molar-refractivity contribution in [2.75, 3.05) is 51.8 Å². The van der Waals surface area contributed by atoms with Crippen molar-refractivity contribution in [3.8, 4) is 11.5 Å². The lowest BCUT2D eigenvalue weighted by Crippen LogP contribution is -2.33. The molecular formula is C24H31ClN4O2. The van der Waals surface area contributed by atoms with Gasteiger partial charge in [0.05, 0.1) is 13.2 Å². The number of hydrogen-bond acceptors (Lipinski definition) is 4. The minimum atomic E-state index is 0.598. The van der Waals surface area contributed by atoms with Gasteiger partial charge in [-0.15, -0.1) is 0 Å². The molecule has 0 aromatic heterocycles. The van der Waals surface area contributed by atoms with Gasteiger partial charge < -0.3 is 25.0 Å². The highest BCUT2D eigenvalue weighted by Gasteiger charge is 2.19. The van der Waals surface area contributed by atoms with Crippen LogP contribution in [-0.4, -0.2) is 57.3 Å². The van der Waals surface area contributed by atoms with Gasteiger partial charge in [0.1, 0.15) is 0 Å². The molecule has 6 nitrogen and oxygen atoms in total. The predicted molar refractivity (Wildman–Crippen MR) is 127 cm³/mol. The highest BCUT2D eigenvalue weighted by Crippen LogP contribution is 2.32. The molecule has 2 aromatic carbocycles. The monoisotopic (exact) mass is 442 g/mol. The summed E-state index contributed by atoms with van der Waals surface area (Å²) >= 11 is 6.11. The third kappa shape index (κ3) is 6.52. The zero-order valence-electron chi connectivity index (χ0n) is 18.1. The fourth-order valence-corrected chi connectivity index (χ4v) is 4.14. The fraction of sp³-hybridized carbons (Fsp3) is 0.458. The third-order valence-electron chi connectivity index (χ3n) is 5.60. The summed E-state index contributed by atoms with van der Waals surface area (Å²) in [5, 5.41) is 7.69. The van der Waals surface area contributed by atoms with Crippen molar-refractivity contribution in [1.82, 2.24) is 10.2 Å². The third-order valence-corrected chi connectivity index (χ3v) is 5.84. The van der Waals surface area contributed by atoms with Gasteiger partial charge in [0.15, 0.2) is 17.5 Å². The molecule has 2 aliphatic rings. The maximum atomic E-state index is 6.11. The van der Waals surface area contributed by atoms with Crippen molar-refractivity contribution in [2.24, 2.45) is 10.9 Å². The molecule has 0 spiro atoms. The van der Waals surface area contributed by atoms with Gasteiger partial charge in [-0.1, -0.05) is 23.7 Å². The van der Waals surface area contributed by atoms with Crippen LogP contribution in [0.2, 0.25) is 5.02 Å². The number of nitrogens with zero attached hydrogens (tertiary/aromatic N) is 2.